The number of nitrogens with zero attached hydrogens (tertiary/aromatic N) is 3. The third-order valence-corrected chi connectivity index (χ3v) is 7.09. The van der Waals surface area contributed by atoms with E-state index in [0.29, 0.717) is 0 Å². The van der Waals surface area contributed by atoms with Gasteiger partial charge in [0.2, 0.25) is 18.0 Å². The molecular weight excluding hydrogens is 486 g/mol. The number of amides is 1. The molecule has 0 N–H and O–H groups in total. The maximum absolute atomic E-state index is 14.1. The molecule has 38 heavy (non-hydrogen) atoms. The zero-order chi connectivity index (χ0) is 26.8. The van der Waals surface area contributed by atoms with E-state index in [1.54, 1.807) is 10.9 Å². The Labute approximate surface area is 221 Å². The quantitative estimate of drug-likeness (QED) is 0.370. The van der Waals surface area contributed by atoms with Gasteiger partial charge in [0, 0.05) is 18.3 Å². The molecule has 198 valence electrons. The Bertz CT molecular complexity index is 1390. The van der Waals surface area contributed by atoms with Crippen LogP contribution in [0.4, 0.5) is 4.79 Å². The predicted molar refractivity (Wildman–Crippen MR) is 141 cm³/mol. The third kappa shape index (κ3) is 4.49. The molecule has 0 spiro atoms. The van der Waals surface area contributed by atoms with Crippen molar-refractivity contribution in [3.63, 3.8) is 0 Å². The van der Waals surface area contributed by atoms with Crippen molar-refractivity contribution in [3.8, 4) is 5.75 Å². The van der Waals surface area contributed by atoms with Crippen LogP contribution < -0.4 is 15.2 Å². The molecule has 9 nitrogen and oxygen atoms in total. The fourth-order valence-corrected chi connectivity index (χ4v) is 5.52. The van der Waals surface area contributed by atoms with Gasteiger partial charge in [0.25, 0.3) is 5.91 Å². The summed E-state index contributed by atoms with van der Waals surface area (Å²) in [5.74, 6) is -0.486. The van der Waals surface area contributed by atoms with Crippen LogP contribution in [0.3, 0.4) is 0 Å². The van der Waals surface area contributed by atoms with Crippen LogP contribution >= 0.6 is 0 Å². The van der Waals surface area contributed by atoms with Crippen LogP contribution in [0, 0.1) is 0 Å². The van der Waals surface area contributed by atoms with Gasteiger partial charge in [-0.3, -0.25) is 19.3 Å². The highest BCUT2D eigenvalue weighted by Crippen LogP contribution is 2.40. The molecule has 9 heteroatoms. The summed E-state index contributed by atoms with van der Waals surface area (Å²) in [6.45, 7) is 3.37. The minimum Gasteiger partial charge on any atom is -0.451 e. The molecule has 0 aliphatic carbocycles. The Hall–Kier alpha value is -4.27. The maximum Gasteiger partial charge on any atom is 0.510 e. The SMILES string of the molecule is COC(=O)OCOc1c2n(ccc1=O)N1[C@@H](c3ccccc3)c3ccccc3CCC[C@@H]1N(C(C)C)C2=O. The summed E-state index contributed by atoms with van der Waals surface area (Å²) < 4.78 is 16.7. The van der Waals surface area contributed by atoms with Crippen molar-refractivity contribution < 1.29 is 23.8 Å². The molecule has 1 amide bonds. The second-order valence-corrected chi connectivity index (χ2v) is 9.63. The van der Waals surface area contributed by atoms with E-state index in [4.69, 9.17) is 9.47 Å². The van der Waals surface area contributed by atoms with Crippen LogP contribution in [0.1, 0.15) is 59.9 Å². The number of benzene rings is 2. The zero-order valence-electron chi connectivity index (χ0n) is 21.7. The molecule has 0 fully saturated rings. The molecular formula is C29H31N3O6. The van der Waals surface area contributed by atoms with Gasteiger partial charge in [-0.25, -0.2) is 4.79 Å². The third-order valence-electron chi connectivity index (χ3n) is 7.09. The van der Waals surface area contributed by atoms with Crippen molar-refractivity contribution in [2.45, 2.75) is 51.4 Å². The highest BCUT2D eigenvalue weighted by atomic mass is 16.8. The van der Waals surface area contributed by atoms with Crippen LogP contribution in [-0.4, -0.2) is 47.7 Å². The van der Waals surface area contributed by atoms with Gasteiger partial charge in [-0.2, -0.15) is 0 Å². The summed E-state index contributed by atoms with van der Waals surface area (Å²) in [6.07, 6.45) is 2.95. The summed E-state index contributed by atoms with van der Waals surface area (Å²) in [6, 6.07) is 19.5. The Morgan fingerprint density at radius 3 is 2.50 bits per heavy atom. The normalized spacial score (nSPS) is 18.6. The molecule has 3 heterocycles. The number of fused-ring (bicyclic) bond motifs is 4. The fourth-order valence-electron chi connectivity index (χ4n) is 5.52. The van der Waals surface area contributed by atoms with Crippen molar-refractivity contribution in [3.05, 3.63) is 99.5 Å². The predicted octanol–water partition coefficient (Wildman–Crippen LogP) is 4.22. The van der Waals surface area contributed by atoms with E-state index in [0.717, 1.165) is 30.4 Å². The number of pyridine rings is 1. The number of methoxy groups -OCH3 is 1. The molecule has 5 rings (SSSR count). The van der Waals surface area contributed by atoms with Gasteiger partial charge in [-0.1, -0.05) is 54.6 Å². The van der Waals surface area contributed by atoms with E-state index in [9.17, 15) is 14.4 Å². The molecule has 2 aliphatic rings. The number of carbonyl (C=O) groups excluding carboxylic acids is 2. The van der Waals surface area contributed by atoms with E-state index in [-0.39, 0.29) is 35.6 Å². The highest BCUT2D eigenvalue weighted by molar-refractivity contribution is 5.97. The molecule has 0 saturated heterocycles. The van der Waals surface area contributed by atoms with E-state index >= 15 is 0 Å². The molecule has 2 atom stereocenters. The van der Waals surface area contributed by atoms with E-state index in [1.807, 2.05) is 43.0 Å². The lowest BCUT2D eigenvalue weighted by molar-refractivity contribution is 0.0125. The Morgan fingerprint density at radius 2 is 1.76 bits per heavy atom. The lowest BCUT2D eigenvalue weighted by Gasteiger charge is -2.52. The molecule has 0 unspecified atom stereocenters. The maximum atomic E-state index is 14.1. The number of rotatable bonds is 5. The second-order valence-electron chi connectivity index (χ2n) is 9.63. The highest BCUT2D eigenvalue weighted by Gasteiger charge is 2.45. The standard InChI is InChI=1S/C29H31N3O6/c1-19(2)31-24-15-9-13-20-10-7-8-14-22(20)25(21-11-5-4-6-12-21)32(24)30-17-16-23(33)27(26(30)28(31)34)37-18-38-29(35)36-3/h4-8,10-12,14,16-17,19,24-25H,9,13,15,18H2,1-3H3/t24-,25+/m1/s1. The molecule has 3 aromatic rings. The number of hydrogen-bond acceptors (Lipinski definition) is 7. The lowest BCUT2D eigenvalue weighted by Crippen LogP contribution is -2.64. The largest absolute Gasteiger partial charge is 0.510 e. The molecule has 2 aliphatic heterocycles. The number of aromatic nitrogens is 1. The molecule has 0 radical (unpaired) electrons. The van der Waals surface area contributed by atoms with Crippen molar-refractivity contribution in [2.24, 2.45) is 0 Å². The van der Waals surface area contributed by atoms with Gasteiger partial charge >= 0.3 is 6.16 Å². The van der Waals surface area contributed by atoms with Gasteiger partial charge < -0.3 is 19.1 Å². The van der Waals surface area contributed by atoms with Crippen molar-refractivity contribution in [1.82, 2.24) is 9.58 Å². The molecule has 1 aromatic heterocycles. The second kappa shape index (κ2) is 10.6. The van der Waals surface area contributed by atoms with E-state index in [2.05, 4.69) is 40.1 Å². The Balaban J connectivity index is 1.74. The number of ether oxygens (including phenoxy) is 3. The smallest absolute Gasteiger partial charge is 0.451 e. The van der Waals surface area contributed by atoms with E-state index in [1.165, 1.54) is 18.7 Å². The van der Waals surface area contributed by atoms with Gasteiger partial charge in [-0.15, -0.1) is 0 Å². The van der Waals surface area contributed by atoms with Crippen molar-refractivity contribution in [2.75, 3.05) is 18.9 Å². The average Bonchev–Trinajstić information content (AvgIpc) is 2.91. The van der Waals surface area contributed by atoms with Crippen LogP contribution in [0.15, 0.2) is 71.7 Å². The minimum atomic E-state index is -0.949. The first-order valence-electron chi connectivity index (χ1n) is 12.8. The number of carbonyl (C=O) groups is 2. The van der Waals surface area contributed by atoms with Crippen LogP contribution in [0.5, 0.6) is 5.75 Å². The molecule has 0 saturated carbocycles. The Morgan fingerprint density at radius 1 is 1.03 bits per heavy atom. The average molecular weight is 518 g/mol. The summed E-state index contributed by atoms with van der Waals surface area (Å²) in [4.78, 5) is 40.3. The van der Waals surface area contributed by atoms with Gasteiger partial charge in [0.05, 0.1) is 13.2 Å². The summed E-state index contributed by atoms with van der Waals surface area (Å²) in [7, 11) is 1.18. The monoisotopic (exact) mass is 517 g/mol. The lowest BCUT2D eigenvalue weighted by atomic mass is 9.88. The summed E-state index contributed by atoms with van der Waals surface area (Å²) >= 11 is 0. The fraction of sp³-hybridized carbons (Fsp3) is 0.345. The van der Waals surface area contributed by atoms with Gasteiger partial charge in [0.1, 0.15) is 6.17 Å². The first-order valence-corrected chi connectivity index (χ1v) is 12.8. The van der Waals surface area contributed by atoms with Crippen molar-refractivity contribution in [1.29, 1.82) is 0 Å². The number of hydrogen-bond donors (Lipinski definition) is 0. The van der Waals surface area contributed by atoms with Crippen LogP contribution in [0.25, 0.3) is 0 Å². The summed E-state index contributed by atoms with van der Waals surface area (Å²) in [5, 5.41) is 2.18. The first-order chi connectivity index (χ1) is 18.4. The van der Waals surface area contributed by atoms with Gasteiger partial charge in [-0.05, 0) is 49.8 Å². The van der Waals surface area contributed by atoms with E-state index < -0.39 is 18.4 Å². The molecule has 2 aromatic carbocycles. The van der Waals surface area contributed by atoms with Crippen LogP contribution in [0.2, 0.25) is 0 Å². The van der Waals surface area contributed by atoms with Crippen LogP contribution in [-0.2, 0) is 15.9 Å². The summed E-state index contributed by atoms with van der Waals surface area (Å²) in [5.41, 5.74) is 3.06. The van der Waals surface area contributed by atoms with Gasteiger partial charge in [0.15, 0.2) is 5.69 Å². The number of aryl methyl sites for hydroxylation is 1. The first kappa shape index (κ1) is 25.4. The molecule has 0 bridgehead atoms. The zero-order valence-corrected chi connectivity index (χ0v) is 21.7. The van der Waals surface area contributed by atoms with Crippen molar-refractivity contribution >= 4 is 12.1 Å². The topological polar surface area (TPSA) is 90.3 Å². The minimum absolute atomic E-state index is 0.0925. The Kier molecular flexibility index (Phi) is 7.09.